The molecule has 0 heterocycles. The van der Waals surface area contributed by atoms with Crippen LogP contribution in [-0.4, -0.2) is 0 Å². The number of fused-ring (bicyclic) bond motifs is 10. The average molecular weight is 877 g/mol. The first-order chi connectivity index (χ1) is 34.5. The smallest absolute Gasteiger partial charge is 0.197 e. The summed E-state index contributed by atoms with van der Waals surface area (Å²) in [4.78, 5) is 8.19. The fraction of sp³-hybridized carbons (Fsp3) is 0. The third-order valence-electron chi connectivity index (χ3n) is 15.3. The Hall–Kier alpha value is -10.6. The average Bonchev–Trinajstić information content (AvgIpc) is 3.94. The minimum absolute atomic E-state index is 0.170. The van der Waals surface area contributed by atoms with E-state index in [1.54, 1.807) is 24.3 Å². The summed E-state index contributed by atoms with van der Waals surface area (Å²) in [6, 6.07) is 58.6. The Labute approximate surface area is 397 Å². The molecule has 70 heavy (non-hydrogen) atoms. The molecular weight excluding hydrogens is 853 g/mol. The maximum atomic E-state index is 11.2. The van der Waals surface area contributed by atoms with Gasteiger partial charge in [-0.05, 0) is 165 Å². The van der Waals surface area contributed by atoms with Gasteiger partial charge in [0.15, 0.2) is 11.4 Å². The zero-order valence-electron chi connectivity index (χ0n) is 36.5. The molecule has 310 valence electrons. The number of hydrogen-bond acceptors (Lipinski definition) is 4. The molecule has 0 aliphatic heterocycles. The quantitative estimate of drug-likeness (QED) is 0.0980. The van der Waals surface area contributed by atoms with Crippen molar-refractivity contribution in [3.63, 3.8) is 0 Å². The normalized spacial score (nSPS) is 11.9. The number of nitriles is 4. The first-order valence-corrected chi connectivity index (χ1v) is 22.7. The number of benzene rings is 13. The molecule has 15 aromatic rings. The Balaban J connectivity index is 1.30. The largest absolute Gasteiger partial charge is 0.237 e. The third kappa shape index (κ3) is 4.33. The Kier molecular flexibility index (Phi) is 7.01. The van der Waals surface area contributed by atoms with E-state index in [1.165, 1.54) is 10.8 Å². The number of hydrogen-bond donors (Lipinski definition) is 0. The van der Waals surface area contributed by atoms with Gasteiger partial charge in [-0.3, -0.25) is 0 Å². The predicted molar refractivity (Wildman–Crippen MR) is 284 cm³/mol. The van der Waals surface area contributed by atoms with Crippen LogP contribution in [0.4, 0.5) is 11.4 Å². The van der Waals surface area contributed by atoms with E-state index in [-0.39, 0.29) is 33.6 Å². The molecule has 0 radical (unpaired) electrons. The lowest BCUT2D eigenvalue weighted by atomic mass is 9.83. The van der Waals surface area contributed by atoms with Crippen LogP contribution in [0.3, 0.4) is 0 Å². The minimum Gasteiger partial charge on any atom is -0.237 e. The molecule has 0 amide bonds. The molecule has 15 aromatic carbocycles. The Bertz CT molecular complexity index is 4630. The van der Waals surface area contributed by atoms with Gasteiger partial charge in [0.25, 0.3) is 0 Å². The molecule has 15 rings (SSSR count). The molecule has 0 aliphatic carbocycles. The summed E-state index contributed by atoms with van der Waals surface area (Å²) in [7, 11) is 0. The summed E-state index contributed by atoms with van der Waals surface area (Å²) in [6.45, 7) is 17.4. The van der Waals surface area contributed by atoms with Crippen molar-refractivity contribution in [1.29, 1.82) is 21.0 Å². The second-order valence-electron chi connectivity index (χ2n) is 18.3. The lowest BCUT2D eigenvalue weighted by molar-refractivity contribution is 1.45. The van der Waals surface area contributed by atoms with Gasteiger partial charge in [-0.2, -0.15) is 21.0 Å². The van der Waals surface area contributed by atoms with Crippen LogP contribution in [0.5, 0.6) is 0 Å². The van der Waals surface area contributed by atoms with Crippen molar-refractivity contribution in [1.82, 2.24) is 0 Å². The highest BCUT2D eigenvalue weighted by molar-refractivity contribution is 6.52. The van der Waals surface area contributed by atoms with Crippen molar-refractivity contribution in [2.24, 2.45) is 0 Å². The lowest BCUT2D eigenvalue weighted by Gasteiger charge is -2.19. The Morgan fingerprint density at radius 2 is 0.571 bits per heavy atom. The van der Waals surface area contributed by atoms with Crippen molar-refractivity contribution in [2.75, 3.05) is 0 Å². The van der Waals surface area contributed by atoms with Crippen molar-refractivity contribution in [3.05, 3.63) is 191 Å². The molecule has 0 aromatic heterocycles. The standard InChI is InChI=1S/C64H24N6/c1-69-49-25-31(27-65)23-35(29-67)53(49)63-59-45-19-15-41-37-11-3-7-33-9-5-13-39(51(33)37)43-17-21-47(57(45)55(41)43)61(59)64(54-36(30-68)24-32(28-66)26-50(54)70-2)62-48-22-18-44-40-14-6-10-34-8-4-12-38(52(34)40)42-16-20-46(60(62)63)58(48)56(42)44/h3-26H. The van der Waals surface area contributed by atoms with Crippen LogP contribution in [-0.2, 0) is 0 Å². The molecule has 0 spiro atoms. The third-order valence-corrected chi connectivity index (χ3v) is 15.3. The van der Waals surface area contributed by atoms with E-state index in [1.807, 2.05) is 0 Å². The van der Waals surface area contributed by atoms with Gasteiger partial charge in [-0.1, -0.05) is 121 Å². The fourth-order valence-electron chi connectivity index (χ4n) is 12.9. The highest BCUT2D eigenvalue weighted by Gasteiger charge is 2.33. The highest BCUT2D eigenvalue weighted by Crippen LogP contribution is 2.60. The van der Waals surface area contributed by atoms with Gasteiger partial charge in [0, 0.05) is 22.3 Å². The Morgan fingerprint density at radius 3 is 0.857 bits per heavy atom. The molecule has 6 heteroatoms. The summed E-state index contributed by atoms with van der Waals surface area (Å²) in [5.41, 5.74) is 3.32. The zero-order valence-corrected chi connectivity index (χ0v) is 36.5. The van der Waals surface area contributed by atoms with E-state index in [0.717, 1.165) is 118 Å². The molecule has 6 nitrogen and oxygen atoms in total. The summed E-state index contributed by atoms with van der Waals surface area (Å²) >= 11 is 0. The zero-order chi connectivity index (χ0) is 46.8. The van der Waals surface area contributed by atoms with Crippen molar-refractivity contribution in [2.45, 2.75) is 0 Å². The topological polar surface area (TPSA) is 104 Å². The van der Waals surface area contributed by atoms with E-state index < -0.39 is 0 Å². The van der Waals surface area contributed by atoms with Crippen LogP contribution in [0.1, 0.15) is 22.3 Å². The second kappa shape index (κ2) is 13.1. The van der Waals surface area contributed by atoms with Crippen LogP contribution in [0.2, 0.25) is 0 Å². The van der Waals surface area contributed by atoms with Crippen molar-refractivity contribution in [3.8, 4) is 46.5 Å². The summed E-state index contributed by atoms with van der Waals surface area (Å²) in [6.07, 6.45) is 0. The van der Waals surface area contributed by atoms with Gasteiger partial charge in [0.2, 0.25) is 0 Å². The van der Waals surface area contributed by atoms with E-state index in [2.05, 4.69) is 155 Å². The summed E-state index contributed by atoms with van der Waals surface area (Å²) in [5, 5.41) is 67.1. The van der Waals surface area contributed by atoms with Crippen molar-refractivity contribution >= 4 is 141 Å². The van der Waals surface area contributed by atoms with Gasteiger partial charge in [0.05, 0.1) is 48.5 Å². The second-order valence-corrected chi connectivity index (χ2v) is 18.3. The number of rotatable bonds is 2. The van der Waals surface area contributed by atoms with E-state index >= 15 is 0 Å². The molecule has 0 fully saturated rings. The van der Waals surface area contributed by atoms with Gasteiger partial charge >= 0.3 is 0 Å². The molecule has 0 saturated carbocycles. The Morgan fingerprint density at radius 1 is 0.286 bits per heavy atom. The van der Waals surface area contributed by atoms with Crippen molar-refractivity contribution < 1.29 is 0 Å². The SMILES string of the molecule is [C-]#[N+]c1cc(C#N)cc(C#N)c1-c1c2c3ccc4c5cccc6cccc(c7ccc(c2c(-c2c(C#N)cc(C#N)cc2[N+]#[C-])c2c8ccc9c%10cccc%11cccc(c%12ccc(c12)c8c%129)c%11%10)c3c47)c65. The maximum Gasteiger partial charge on any atom is 0.197 e. The number of nitrogens with zero attached hydrogens (tertiary/aromatic N) is 6. The predicted octanol–water partition coefficient (Wildman–Crippen LogP) is 17.2. The van der Waals surface area contributed by atoms with Crippen LogP contribution in [0, 0.1) is 58.5 Å². The minimum atomic E-state index is 0.170. The molecule has 0 N–H and O–H groups in total. The molecule has 0 unspecified atom stereocenters. The van der Waals surface area contributed by atoms with Crippen LogP contribution < -0.4 is 0 Å². The van der Waals surface area contributed by atoms with E-state index in [9.17, 15) is 21.0 Å². The lowest BCUT2D eigenvalue weighted by Crippen LogP contribution is -1.94. The molecule has 0 bridgehead atoms. The van der Waals surface area contributed by atoms with Gasteiger partial charge in [-0.25, -0.2) is 9.69 Å². The first-order valence-electron chi connectivity index (χ1n) is 22.7. The van der Waals surface area contributed by atoms with Gasteiger partial charge in [0.1, 0.15) is 0 Å². The van der Waals surface area contributed by atoms with Crippen LogP contribution >= 0.6 is 0 Å². The first kappa shape index (κ1) is 37.6. The van der Waals surface area contributed by atoms with E-state index in [0.29, 0.717) is 22.3 Å². The molecule has 0 aliphatic rings. The van der Waals surface area contributed by atoms with Crippen LogP contribution in [0.15, 0.2) is 146 Å². The van der Waals surface area contributed by atoms with Crippen LogP contribution in [0.25, 0.3) is 161 Å². The maximum absolute atomic E-state index is 11.2. The summed E-state index contributed by atoms with van der Waals surface area (Å²) < 4.78 is 0. The molecular formula is C64H24N6. The highest BCUT2D eigenvalue weighted by atomic mass is 14.7. The molecule has 0 atom stereocenters. The summed E-state index contributed by atoms with van der Waals surface area (Å²) in [5.74, 6) is 0. The van der Waals surface area contributed by atoms with E-state index in [4.69, 9.17) is 13.1 Å². The fourth-order valence-corrected chi connectivity index (χ4v) is 12.9. The molecule has 0 saturated heterocycles. The van der Waals surface area contributed by atoms with Gasteiger partial charge < -0.3 is 0 Å². The van der Waals surface area contributed by atoms with Gasteiger partial charge in [-0.15, -0.1) is 0 Å². The monoisotopic (exact) mass is 876 g/mol.